The van der Waals surface area contributed by atoms with Gasteiger partial charge in [0.05, 0.1) is 6.10 Å². The minimum atomic E-state index is -0.0943. The van der Waals surface area contributed by atoms with E-state index in [0.717, 1.165) is 6.42 Å². The molecule has 0 aromatic carbocycles. The van der Waals surface area contributed by atoms with Crippen LogP contribution in [0.25, 0.3) is 0 Å². The van der Waals surface area contributed by atoms with Gasteiger partial charge in [-0.1, -0.05) is 6.92 Å². The van der Waals surface area contributed by atoms with Gasteiger partial charge in [-0.25, -0.2) is 0 Å². The monoisotopic (exact) mass is 163 g/mol. The number of nitrogens with zero attached hydrogens (tertiary/aromatic N) is 1. The highest BCUT2D eigenvalue weighted by atomic mass is 16.3. The SMILES string of the molecule is CC1C(O)CC1c1ccncc1. The Balaban J connectivity index is 2.13. The maximum absolute atomic E-state index is 9.33. The van der Waals surface area contributed by atoms with Crippen LogP contribution >= 0.6 is 0 Å². The average Bonchev–Trinajstić information content (AvgIpc) is 2.15. The summed E-state index contributed by atoms with van der Waals surface area (Å²) in [6.07, 6.45) is 4.44. The van der Waals surface area contributed by atoms with Gasteiger partial charge in [0, 0.05) is 12.4 Å². The molecule has 12 heavy (non-hydrogen) atoms. The van der Waals surface area contributed by atoms with Gasteiger partial charge >= 0.3 is 0 Å². The van der Waals surface area contributed by atoms with Gasteiger partial charge in [0.25, 0.3) is 0 Å². The molecule has 64 valence electrons. The third-order valence-electron chi connectivity index (χ3n) is 2.87. The third-order valence-corrected chi connectivity index (χ3v) is 2.87. The Hall–Kier alpha value is -0.890. The molecule has 2 rings (SSSR count). The Labute approximate surface area is 72.3 Å². The van der Waals surface area contributed by atoms with Crippen LogP contribution in [0, 0.1) is 5.92 Å². The van der Waals surface area contributed by atoms with E-state index in [0.29, 0.717) is 11.8 Å². The fourth-order valence-electron chi connectivity index (χ4n) is 1.81. The molecule has 1 aliphatic carbocycles. The van der Waals surface area contributed by atoms with E-state index >= 15 is 0 Å². The quantitative estimate of drug-likeness (QED) is 0.681. The van der Waals surface area contributed by atoms with Gasteiger partial charge in [0.1, 0.15) is 0 Å². The van der Waals surface area contributed by atoms with Gasteiger partial charge in [-0.05, 0) is 36.0 Å². The van der Waals surface area contributed by atoms with E-state index in [4.69, 9.17) is 0 Å². The van der Waals surface area contributed by atoms with E-state index in [2.05, 4.69) is 11.9 Å². The Morgan fingerprint density at radius 3 is 2.58 bits per heavy atom. The predicted molar refractivity (Wildman–Crippen MR) is 46.8 cm³/mol. The van der Waals surface area contributed by atoms with E-state index in [1.165, 1.54) is 5.56 Å². The van der Waals surface area contributed by atoms with Gasteiger partial charge in [0.15, 0.2) is 0 Å². The standard InChI is InChI=1S/C10H13NO/c1-7-9(6-10(7)12)8-2-4-11-5-3-8/h2-5,7,9-10,12H,6H2,1H3. The molecule has 0 bridgehead atoms. The van der Waals surface area contributed by atoms with Crippen molar-refractivity contribution in [1.82, 2.24) is 4.98 Å². The first-order valence-electron chi connectivity index (χ1n) is 4.37. The third kappa shape index (κ3) is 1.12. The Morgan fingerprint density at radius 1 is 1.42 bits per heavy atom. The van der Waals surface area contributed by atoms with Crippen LogP contribution in [0.2, 0.25) is 0 Å². The molecule has 3 atom stereocenters. The second-order valence-electron chi connectivity index (χ2n) is 3.55. The second-order valence-corrected chi connectivity index (χ2v) is 3.55. The van der Waals surface area contributed by atoms with Gasteiger partial charge in [-0.3, -0.25) is 4.98 Å². The van der Waals surface area contributed by atoms with Crippen molar-refractivity contribution < 1.29 is 5.11 Å². The summed E-state index contributed by atoms with van der Waals surface area (Å²) in [6, 6.07) is 4.07. The number of rotatable bonds is 1. The van der Waals surface area contributed by atoms with Crippen LogP contribution in [0.3, 0.4) is 0 Å². The van der Waals surface area contributed by atoms with Crippen LogP contribution in [0.1, 0.15) is 24.8 Å². The first-order valence-corrected chi connectivity index (χ1v) is 4.37. The summed E-state index contributed by atoms with van der Waals surface area (Å²) < 4.78 is 0. The first kappa shape index (κ1) is 7.74. The van der Waals surface area contributed by atoms with Crippen LogP contribution < -0.4 is 0 Å². The van der Waals surface area contributed by atoms with E-state index in [1.54, 1.807) is 0 Å². The summed E-state index contributed by atoms with van der Waals surface area (Å²) in [4.78, 5) is 3.97. The zero-order valence-electron chi connectivity index (χ0n) is 7.14. The zero-order chi connectivity index (χ0) is 8.55. The molecule has 2 nitrogen and oxygen atoms in total. The van der Waals surface area contributed by atoms with Crippen molar-refractivity contribution in [2.24, 2.45) is 5.92 Å². The Kier molecular flexibility index (Phi) is 1.85. The number of aliphatic hydroxyl groups is 1. The number of hydrogen-bond donors (Lipinski definition) is 1. The zero-order valence-corrected chi connectivity index (χ0v) is 7.14. The summed E-state index contributed by atoms with van der Waals surface area (Å²) in [5, 5.41) is 9.33. The molecule has 0 amide bonds. The van der Waals surface area contributed by atoms with Gasteiger partial charge < -0.3 is 5.11 Å². The molecule has 1 heterocycles. The first-order chi connectivity index (χ1) is 5.79. The highest BCUT2D eigenvalue weighted by Crippen LogP contribution is 2.41. The molecule has 0 radical (unpaired) electrons. The lowest BCUT2D eigenvalue weighted by Gasteiger charge is -2.39. The number of pyridine rings is 1. The normalized spacial score (nSPS) is 34.3. The molecule has 1 N–H and O–H groups in total. The summed E-state index contributed by atoms with van der Waals surface area (Å²) in [5.41, 5.74) is 1.31. The summed E-state index contributed by atoms with van der Waals surface area (Å²) >= 11 is 0. The summed E-state index contributed by atoms with van der Waals surface area (Å²) in [5.74, 6) is 0.954. The maximum Gasteiger partial charge on any atom is 0.0577 e. The van der Waals surface area contributed by atoms with E-state index in [1.807, 2.05) is 24.5 Å². The Morgan fingerprint density at radius 2 is 2.08 bits per heavy atom. The minimum Gasteiger partial charge on any atom is -0.393 e. The number of hydrogen-bond acceptors (Lipinski definition) is 2. The molecule has 0 aliphatic heterocycles. The number of aliphatic hydroxyl groups excluding tert-OH is 1. The summed E-state index contributed by atoms with van der Waals surface area (Å²) in [7, 11) is 0. The molecule has 1 fully saturated rings. The van der Waals surface area contributed by atoms with Crippen LogP contribution in [-0.4, -0.2) is 16.2 Å². The highest BCUT2D eigenvalue weighted by Gasteiger charge is 2.36. The average molecular weight is 163 g/mol. The fourth-order valence-corrected chi connectivity index (χ4v) is 1.81. The Bertz CT molecular complexity index is 260. The lowest BCUT2D eigenvalue weighted by atomic mass is 9.69. The maximum atomic E-state index is 9.33. The van der Waals surface area contributed by atoms with Crippen LogP contribution in [0.15, 0.2) is 24.5 Å². The van der Waals surface area contributed by atoms with Gasteiger partial charge in [0.2, 0.25) is 0 Å². The van der Waals surface area contributed by atoms with Crippen LogP contribution in [0.4, 0.5) is 0 Å². The topological polar surface area (TPSA) is 33.1 Å². The molecule has 1 aromatic rings. The molecule has 0 saturated heterocycles. The summed E-state index contributed by atoms with van der Waals surface area (Å²) in [6.45, 7) is 2.10. The molecule has 1 aliphatic rings. The van der Waals surface area contributed by atoms with Crippen molar-refractivity contribution in [1.29, 1.82) is 0 Å². The molecule has 0 spiro atoms. The number of aromatic nitrogens is 1. The molecular weight excluding hydrogens is 150 g/mol. The molecule has 3 unspecified atom stereocenters. The van der Waals surface area contributed by atoms with Crippen LogP contribution in [0.5, 0.6) is 0 Å². The second kappa shape index (κ2) is 2.87. The van der Waals surface area contributed by atoms with E-state index < -0.39 is 0 Å². The largest absolute Gasteiger partial charge is 0.393 e. The molecule has 2 heteroatoms. The lowest BCUT2D eigenvalue weighted by Crippen LogP contribution is -2.37. The van der Waals surface area contributed by atoms with Gasteiger partial charge in [-0.2, -0.15) is 0 Å². The van der Waals surface area contributed by atoms with Gasteiger partial charge in [-0.15, -0.1) is 0 Å². The van der Waals surface area contributed by atoms with E-state index in [-0.39, 0.29) is 6.10 Å². The van der Waals surface area contributed by atoms with Crippen molar-refractivity contribution in [2.75, 3.05) is 0 Å². The predicted octanol–water partition coefficient (Wildman–Crippen LogP) is 1.57. The van der Waals surface area contributed by atoms with Crippen molar-refractivity contribution in [3.05, 3.63) is 30.1 Å². The van der Waals surface area contributed by atoms with Crippen molar-refractivity contribution in [3.63, 3.8) is 0 Å². The van der Waals surface area contributed by atoms with E-state index in [9.17, 15) is 5.11 Å². The molecule has 1 aromatic heterocycles. The highest BCUT2D eigenvalue weighted by molar-refractivity contribution is 5.20. The van der Waals surface area contributed by atoms with Crippen molar-refractivity contribution >= 4 is 0 Å². The smallest absolute Gasteiger partial charge is 0.0577 e. The fraction of sp³-hybridized carbons (Fsp3) is 0.500. The van der Waals surface area contributed by atoms with Crippen LogP contribution in [-0.2, 0) is 0 Å². The molecular formula is C10H13NO. The van der Waals surface area contributed by atoms with Crippen molar-refractivity contribution in [3.8, 4) is 0 Å². The molecule has 1 saturated carbocycles. The lowest BCUT2D eigenvalue weighted by molar-refractivity contribution is 0.0117. The van der Waals surface area contributed by atoms with Crippen molar-refractivity contribution in [2.45, 2.75) is 25.4 Å². The minimum absolute atomic E-state index is 0.0943.